The number of aromatic nitrogens is 2. The topological polar surface area (TPSA) is 63.8 Å². The largest absolute Gasteiger partial charge is 0.308 e. The van der Waals surface area contributed by atoms with E-state index in [1.54, 1.807) is 6.07 Å². The molecule has 3 N–H and O–H groups in total. The van der Waals surface area contributed by atoms with Gasteiger partial charge in [0.25, 0.3) is 0 Å². The number of hydrogen-bond donors (Lipinski definition) is 2. The zero-order chi connectivity index (χ0) is 14.0. The van der Waals surface area contributed by atoms with E-state index in [0.717, 1.165) is 16.8 Å². The van der Waals surface area contributed by atoms with E-state index in [9.17, 15) is 4.39 Å². The average Bonchev–Trinajstić information content (AvgIpc) is 2.37. The Morgan fingerprint density at radius 2 is 2.05 bits per heavy atom. The summed E-state index contributed by atoms with van der Waals surface area (Å²) in [5.41, 5.74) is 5.06. The highest BCUT2D eigenvalue weighted by atomic mass is 35.5. The van der Waals surface area contributed by atoms with Crippen LogP contribution in [0.5, 0.6) is 0 Å². The van der Waals surface area contributed by atoms with Gasteiger partial charge in [-0.25, -0.2) is 20.2 Å². The van der Waals surface area contributed by atoms with Crippen LogP contribution in [0.2, 0.25) is 5.02 Å². The Hall–Kier alpha value is -1.72. The third-order valence-electron chi connectivity index (χ3n) is 2.94. The van der Waals surface area contributed by atoms with Gasteiger partial charge in [0.2, 0.25) is 0 Å². The number of nitrogens with two attached hydrogens (primary N) is 1. The first-order valence-corrected chi connectivity index (χ1v) is 6.13. The number of halogens is 2. The standard InChI is InChI=1S/C13H14ClFN4/c1-7-8(2)17-12(18-13(7)19-16)5-9-3-4-10(15)6-11(9)14/h3-4,6H,5,16H2,1-2H3,(H,17,18,19). The van der Waals surface area contributed by atoms with Crippen molar-refractivity contribution in [2.24, 2.45) is 5.84 Å². The van der Waals surface area contributed by atoms with Gasteiger partial charge in [-0.05, 0) is 31.5 Å². The fourth-order valence-electron chi connectivity index (χ4n) is 1.74. The molecule has 100 valence electrons. The molecule has 2 aromatic rings. The van der Waals surface area contributed by atoms with Crippen LogP contribution in [0, 0.1) is 19.7 Å². The molecule has 19 heavy (non-hydrogen) atoms. The van der Waals surface area contributed by atoms with Crippen LogP contribution in [0.1, 0.15) is 22.6 Å². The molecule has 1 aromatic heterocycles. The molecule has 0 fully saturated rings. The van der Waals surface area contributed by atoms with Crippen LogP contribution >= 0.6 is 11.6 Å². The van der Waals surface area contributed by atoms with Crippen LogP contribution in [-0.4, -0.2) is 9.97 Å². The van der Waals surface area contributed by atoms with Gasteiger partial charge in [-0.3, -0.25) is 0 Å². The molecule has 0 aliphatic carbocycles. The number of hydrazine groups is 1. The molecule has 0 aliphatic rings. The van der Waals surface area contributed by atoms with Crippen molar-refractivity contribution < 1.29 is 4.39 Å². The van der Waals surface area contributed by atoms with E-state index in [0.29, 0.717) is 23.1 Å². The number of aryl methyl sites for hydroxylation is 1. The van der Waals surface area contributed by atoms with Crippen molar-refractivity contribution in [3.05, 3.63) is 51.7 Å². The molecule has 0 unspecified atom stereocenters. The Balaban J connectivity index is 2.35. The molecular formula is C13H14ClFN4. The molecular weight excluding hydrogens is 267 g/mol. The molecule has 1 heterocycles. The smallest absolute Gasteiger partial charge is 0.146 e. The van der Waals surface area contributed by atoms with Gasteiger partial charge in [0.15, 0.2) is 0 Å². The van der Waals surface area contributed by atoms with Crippen molar-refractivity contribution in [3.8, 4) is 0 Å². The second kappa shape index (κ2) is 5.50. The minimum absolute atomic E-state index is 0.362. The normalized spacial score (nSPS) is 10.6. The van der Waals surface area contributed by atoms with Gasteiger partial charge in [0.1, 0.15) is 17.5 Å². The van der Waals surface area contributed by atoms with Crippen LogP contribution in [0.25, 0.3) is 0 Å². The molecule has 6 heteroatoms. The van der Waals surface area contributed by atoms with E-state index in [1.807, 2.05) is 13.8 Å². The fourth-order valence-corrected chi connectivity index (χ4v) is 1.98. The first kappa shape index (κ1) is 13.7. The maximum absolute atomic E-state index is 13.0. The molecule has 4 nitrogen and oxygen atoms in total. The minimum Gasteiger partial charge on any atom is -0.308 e. The van der Waals surface area contributed by atoms with E-state index >= 15 is 0 Å². The highest BCUT2D eigenvalue weighted by Crippen LogP contribution is 2.21. The van der Waals surface area contributed by atoms with Crippen LogP contribution in [0.3, 0.4) is 0 Å². The van der Waals surface area contributed by atoms with Crippen LogP contribution in [0.4, 0.5) is 10.2 Å². The van der Waals surface area contributed by atoms with E-state index in [4.69, 9.17) is 17.4 Å². The summed E-state index contributed by atoms with van der Waals surface area (Å²) in [5, 5.41) is 0.365. The summed E-state index contributed by atoms with van der Waals surface area (Å²) in [6.45, 7) is 3.77. The Morgan fingerprint density at radius 1 is 1.32 bits per heavy atom. The van der Waals surface area contributed by atoms with Gasteiger partial charge in [0.05, 0.1) is 0 Å². The lowest BCUT2D eigenvalue weighted by molar-refractivity contribution is 0.627. The summed E-state index contributed by atoms with van der Waals surface area (Å²) in [7, 11) is 0. The first-order valence-electron chi connectivity index (χ1n) is 5.76. The Kier molecular flexibility index (Phi) is 3.97. The molecule has 0 amide bonds. The summed E-state index contributed by atoms with van der Waals surface area (Å²) in [6.07, 6.45) is 0.426. The SMILES string of the molecule is Cc1nc(Cc2ccc(F)cc2Cl)nc(NN)c1C. The summed E-state index contributed by atoms with van der Waals surface area (Å²) in [5.74, 6) is 6.23. The number of nitrogens with zero attached hydrogens (tertiary/aromatic N) is 2. The highest BCUT2D eigenvalue weighted by molar-refractivity contribution is 6.31. The van der Waals surface area contributed by atoms with E-state index in [-0.39, 0.29) is 5.82 Å². The molecule has 2 rings (SSSR count). The van der Waals surface area contributed by atoms with Gasteiger partial charge in [-0.1, -0.05) is 17.7 Å². The molecule has 0 radical (unpaired) electrons. The maximum Gasteiger partial charge on any atom is 0.146 e. The van der Waals surface area contributed by atoms with Crippen molar-refractivity contribution in [1.29, 1.82) is 0 Å². The zero-order valence-corrected chi connectivity index (χ0v) is 11.4. The molecule has 0 saturated carbocycles. The Morgan fingerprint density at radius 3 is 2.68 bits per heavy atom. The van der Waals surface area contributed by atoms with Crippen molar-refractivity contribution in [2.45, 2.75) is 20.3 Å². The third-order valence-corrected chi connectivity index (χ3v) is 3.29. The van der Waals surface area contributed by atoms with Gasteiger partial charge in [-0.15, -0.1) is 0 Å². The lowest BCUT2D eigenvalue weighted by atomic mass is 10.1. The molecule has 0 saturated heterocycles. The minimum atomic E-state index is -0.362. The lowest BCUT2D eigenvalue weighted by Gasteiger charge is -2.10. The van der Waals surface area contributed by atoms with Gasteiger partial charge >= 0.3 is 0 Å². The van der Waals surface area contributed by atoms with Gasteiger partial charge in [0, 0.05) is 22.7 Å². The number of rotatable bonds is 3. The van der Waals surface area contributed by atoms with Crippen molar-refractivity contribution in [3.63, 3.8) is 0 Å². The van der Waals surface area contributed by atoms with Crippen molar-refractivity contribution in [1.82, 2.24) is 9.97 Å². The van der Waals surface area contributed by atoms with Crippen molar-refractivity contribution >= 4 is 17.4 Å². The van der Waals surface area contributed by atoms with Gasteiger partial charge in [-0.2, -0.15) is 0 Å². The second-order valence-electron chi connectivity index (χ2n) is 4.26. The van der Waals surface area contributed by atoms with E-state index in [2.05, 4.69) is 15.4 Å². The summed E-state index contributed by atoms with van der Waals surface area (Å²) in [6, 6.07) is 4.27. The quantitative estimate of drug-likeness (QED) is 0.670. The predicted molar refractivity (Wildman–Crippen MR) is 73.5 cm³/mol. The van der Waals surface area contributed by atoms with E-state index < -0.39 is 0 Å². The maximum atomic E-state index is 13.0. The van der Waals surface area contributed by atoms with Crippen LogP contribution in [0.15, 0.2) is 18.2 Å². The fraction of sp³-hybridized carbons (Fsp3) is 0.231. The molecule has 0 aliphatic heterocycles. The number of nitrogens with one attached hydrogen (secondary N) is 1. The lowest BCUT2D eigenvalue weighted by Crippen LogP contribution is -2.13. The number of benzene rings is 1. The van der Waals surface area contributed by atoms with Crippen LogP contribution in [-0.2, 0) is 6.42 Å². The van der Waals surface area contributed by atoms with E-state index in [1.165, 1.54) is 12.1 Å². The molecule has 0 spiro atoms. The summed E-state index contributed by atoms with van der Waals surface area (Å²) >= 11 is 5.99. The van der Waals surface area contributed by atoms with Gasteiger partial charge < -0.3 is 5.43 Å². The summed E-state index contributed by atoms with van der Waals surface area (Å²) < 4.78 is 13.0. The summed E-state index contributed by atoms with van der Waals surface area (Å²) in [4.78, 5) is 8.69. The Labute approximate surface area is 115 Å². The highest BCUT2D eigenvalue weighted by Gasteiger charge is 2.10. The van der Waals surface area contributed by atoms with Crippen LogP contribution < -0.4 is 11.3 Å². The number of anilines is 1. The molecule has 0 atom stereocenters. The number of hydrogen-bond acceptors (Lipinski definition) is 4. The second-order valence-corrected chi connectivity index (χ2v) is 4.66. The predicted octanol–water partition coefficient (Wildman–Crippen LogP) is 2.76. The van der Waals surface area contributed by atoms with Crippen molar-refractivity contribution in [2.75, 3.05) is 5.43 Å². The Bertz CT molecular complexity index is 616. The average molecular weight is 281 g/mol. The third kappa shape index (κ3) is 3.00. The zero-order valence-electron chi connectivity index (χ0n) is 10.7. The first-order chi connectivity index (χ1) is 9.01. The molecule has 0 bridgehead atoms. The number of nitrogen functional groups attached to an aromatic ring is 1. The molecule has 1 aromatic carbocycles. The monoisotopic (exact) mass is 280 g/mol.